The predicted molar refractivity (Wildman–Crippen MR) is 112 cm³/mol. The Hall–Kier alpha value is -1.28. The van der Waals surface area contributed by atoms with Crippen LogP contribution in [-0.4, -0.2) is 19.3 Å². The summed E-state index contributed by atoms with van der Waals surface area (Å²) in [6, 6.07) is 12.9. The van der Waals surface area contributed by atoms with Crippen molar-refractivity contribution in [2.45, 2.75) is 24.9 Å². The maximum Gasteiger partial charge on any atom is 0.191 e. The Bertz CT molecular complexity index is 674. The van der Waals surface area contributed by atoms with Crippen LogP contribution >= 0.6 is 35.7 Å². The Balaban J connectivity index is 0.00000288. The van der Waals surface area contributed by atoms with Gasteiger partial charge in [-0.05, 0) is 48.1 Å². The molecule has 0 saturated carbocycles. The molecule has 0 aliphatic rings. The van der Waals surface area contributed by atoms with Crippen LogP contribution in [0.15, 0.2) is 52.4 Å². The van der Waals surface area contributed by atoms with Gasteiger partial charge in [0, 0.05) is 25.0 Å². The van der Waals surface area contributed by atoms with Crippen molar-refractivity contribution in [1.29, 1.82) is 0 Å². The van der Waals surface area contributed by atoms with Gasteiger partial charge in [0.15, 0.2) is 5.96 Å². The summed E-state index contributed by atoms with van der Waals surface area (Å²) < 4.78 is 12.9. The standard InChI is InChI=1S/C18H22FN3S.HI/c1-13-4-7-15(17(10-13)23-3)12-22-18(20-2)21-11-14-5-8-16(19)9-6-14;/h4-10H,11-12H2,1-3H3,(H2,20,21,22);1H. The number of nitrogens with zero attached hydrogens (tertiary/aromatic N) is 1. The van der Waals surface area contributed by atoms with Crippen molar-refractivity contribution in [2.24, 2.45) is 4.99 Å². The summed E-state index contributed by atoms with van der Waals surface area (Å²) in [5, 5.41) is 6.55. The number of aryl methyl sites for hydroxylation is 1. The molecule has 130 valence electrons. The molecular formula is C18H23FIN3S. The lowest BCUT2D eigenvalue weighted by atomic mass is 10.1. The Morgan fingerprint density at radius 3 is 2.38 bits per heavy atom. The Labute approximate surface area is 164 Å². The highest BCUT2D eigenvalue weighted by molar-refractivity contribution is 14.0. The number of rotatable bonds is 5. The highest BCUT2D eigenvalue weighted by Gasteiger charge is 2.04. The van der Waals surface area contributed by atoms with Crippen molar-refractivity contribution in [2.75, 3.05) is 13.3 Å². The van der Waals surface area contributed by atoms with Crippen LogP contribution in [0.5, 0.6) is 0 Å². The van der Waals surface area contributed by atoms with E-state index in [0.717, 1.165) is 11.5 Å². The molecule has 0 bridgehead atoms. The molecule has 0 aromatic heterocycles. The van der Waals surface area contributed by atoms with Crippen molar-refractivity contribution in [1.82, 2.24) is 10.6 Å². The van der Waals surface area contributed by atoms with E-state index in [2.05, 4.69) is 47.0 Å². The summed E-state index contributed by atoms with van der Waals surface area (Å²) in [5.74, 6) is 0.502. The smallest absolute Gasteiger partial charge is 0.191 e. The molecule has 0 atom stereocenters. The molecule has 0 fully saturated rings. The minimum Gasteiger partial charge on any atom is -0.352 e. The first-order valence-electron chi connectivity index (χ1n) is 7.45. The van der Waals surface area contributed by atoms with Gasteiger partial charge in [0.1, 0.15) is 5.82 Å². The van der Waals surface area contributed by atoms with Gasteiger partial charge in [0.2, 0.25) is 0 Å². The molecule has 0 saturated heterocycles. The van der Waals surface area contributed by atoms with Gasteiger partial charge in [0.05, 0.1) is 0 Å². The number of benzene rings is 2. The maximum atomic E-state index is 12.9. The lowest BCUT2D eigenvalue weighted by Crippen LogP contribution is -2.36. The van der Waals surface area contributed by atoms with Crippen LogP contribution in [0.3, 0.4) is 0 Å². The lowest BCUT2D eigenvalue weighted by Gasteiger charge is -2.14. The first-order chi connectivity index (χ1) is 11.1. The molecule has 0 heterocycles. The van der Waals surface area contributed by atoms with Gasteiger partial charge < -0.3 is 10.6 Å². The van der Waals surface area contributed by atoms with E-state index >= 15 is 0 Å². The Morgan fingerprint density at radius 1 is 1.08 bits per heavy atom. The SMILES string of the molecule is CN=C(NCc1ccc(F)cc1)NCc1ccc(C)cc1SC.I. The number of thioether (sulfide) groups is 1. The average molecular weight is 459 g/mol. The van der Waals surface area contributed by atoms with Crippen molar-refractivity contribution < 1.29 is 4.39 Å². The first kappa shape index (κ1) is 20.8. The zero-order valence-corrected chi connectivity index (χ0v) is 17.2. The normalized spacial score (nSPS) is 10.9. The first-order valence-corrected chi connectivity index (χ1v) is 8.67. The number of nitrogens with one attached hydrogen (secondary N) is 2. The molecular weight excluding hydrogens is 436 g/mol. The fourth-order valence-corrected chi connectivity index (χ4v) is 2.89. The topological polar surface area (TPSA) is 36.4 Å². The molecule has 2 aromatic carbocycles. The number of hydrogen-bond acceptors (Lipinski definition) is 2. The van der Waals surface area contributed by atoms with E-state index in [9.17, 15) is 4.39 Å². The van der Waals surface area contributed by atoms with Crippen LogP contribution in [0.4, 0.5) is 4.39 Å². The second-order valence-corrected chi connectivity index (χ2v) is 6.07. The van der Waals surface area contributed by atoms with Gasteiger partial charge in [-0.15, -0.1) is 35.7 Å². The van der Waals surface area contributed by atoms with Crippen LogP contribution in [0.25, 0.3) is 0 Å². The Morgan fingerprint density at radius 2 is 1.75 bits per heavy atom. The van der Waals surface area contributed by atoms with Crippen molar-refractivity contribution in [3.05, 3.63) is 65.0 Å². The zero-order chi connectivity index (χ0) is 16.7. The molecule has 2 aromatic rings. The number of aliphatic imine (C=N–C) groups is 1. The quantitative estimate of drug-likeness (QED) is 0.302. The largest absolute Gasteiger partial charge is 0.352 e. The maximum absolute atomic E-state index is 12.9. The number of hydrogen-bond donors (Lipinski definition) is 2. The summed E-state index contributed by atoms with van der Waals surface area (Å²) in [6.45, 7) is 3.41. The molecule has 0 amide bonds. The van der Waals surface area contributed by atoms with E-state index < -0.39 is 0 Å². The zero-order valence-electron chi connectivity index (χ0n) is 14.1. The monoisotopic (exact) mass is 459 g/mol. The van der Waals surface area contributed by atoms with Crippen LogP contribution in [0.2, 0.25) is 0 Å². The molecule has 24 heavy (non-hydrogen) atoms. The summed E-state index contributed by atoms with van der Waals surface area (Å²) in [6.07, 6.45) is 2.08. The van der Waals surface area contributed by atoms with Crippen molar-refractivity contribution in [3.63, 3.8) is 0 Å². The van der Waals surface area contributed by atoms with Gasteiger partial charge in [-0.1, -0.05) is 24.3 Å². The molecule has 0 unspecified atom stereocenters. The third-order valence-corrected chi connectivity index (χ3v) is 4.31. The number of halogens is 2. The van der Waals surface area contributed by atoms with Gasteiger partial charge in [-0.25, -0.2) is 4.39 Å². The average Bonchev–Trinajstić information content (AvgIpc) is 2.57. The minimum atomic E-state index is -0.222. The van der Waals surface area contributed by atoms with E-state index in [-0.39, 0.29) is 29.8 Å². The third kappa shape index (κ3) is 6.32. The second-order valence-electron chi connectivity index (χ2n) is 5.22. The van der Waals surface area contributed by atoms with Crippen LogP contribution in [-0.2, 0) is 13.1 Å². The third-order valence-electron chi connectivity index (χ3n) is 3.49. The molecule has 3 nitrogen and oxygen atoms in total. The van der Waals surface area contributed by atoms with Gasteiger partial charge in [0.25, 0.3) is 0 Å². The van der Waals surface area contributed by atoms with Crippen LogP contribution in [0, 0.1) is 12.7 Å². The van der Waals surface area contributed by atoms with E-state index in [1.54, 1.807) is 30.9 Å². The Kier molecular flexibility index (Phi) is 9.13. The number of guanidine groups is 1. The van der Waals surface area contributed by atoms with E-state index in [0.29, 0.717) is 13.1 Å². The van der Waals surface area contributed by atoms with Gasteiger partial charge >= 0.3 is 0 Å². The fraction of sp³-hybridized carbons (Fsp3) is 0.278. The summed E-state index contributed by atoms with van der Waals surface area (Å²) in [4.78, 5) is 5.49. The van der Waals surface area contributed by atoms with E-state index in [1.165, 1.54) is 28.2 Å². The molecule has 0 spiro atoms. The second kappa shape index (κ2) is 10.6. The van der Waals surface area contributed by atoms with E-state index in [1.807, 2.05) is 0 Å². The molecule has 2 rings (SSSR count). The molecule has 0 aliphatic heterocycles. The summed E-state index contributed by atoms with van der Waals surface area (Å²) in [7, 11) is 1.74. The van der Waals surface area contributed by atoms with Crippen molar-refractivity contribution >= 4 is 41.7 Å². The fourth-order valence-electron chi connectivity index (χ4n) is 2.19. The van der Waals surface area contributed by atoms with Crippen molar-refractivity contribution in [3.8, 4) is 0 Å². The highest BCUT2D eigenvalue weighted by Crippen LogP contribution is 2.21. The van der Waals surface area contributed by atoms with E-state index in [4.69, 9.17) is 0 Å². The molecule has 0 aliphatic carbocycles. The minimum absolute atomic E-state index is 0. The molecule has 2 N–H and O–H groups in total. The van der Waals surface area contributed by atoms with Gasteiger partial charge in [-0.3, -0.25) is 4.99 Å². The van der Waals surface area contributed by atoms with Crippen LogP contribution < -0.4 is 10.6 Å². The van der Waals surface area contributed by atoms with Gasteiger partial charge in [-0.2, -0.15) is 0 Å². The summed E-state index contributed by atoms with van der Waals surface area (Å²) in [5.41, 5.74) is 3.51. The summed E-state index contributed by atoms with van der Waals surface area (Å²) >= 11 is 1.74. The lowest BCUT2D eigenvalue weighted by molar-refractivity contribution is 0.626. The highest BCUT2D eigenvalue weighted by atomic mass is 127. The molecule has 6 heteroatoms. The predicted octanol–water partition coefficient (Wildman–Crippen LogP) is 4.34. The van der Waals surface area contributed by atoms with Crippen LogP contribution in [0.1, 0.15) is 16.7 Å². The molecule has 0 radical (unpaired) electrons.